The normalized spacial score (nSPS) is 21.9. The molecular weight excluding hydrogens is 338 g/mol. The summed E-state index contributed by atoms with van der Waals surface area (Å²) in [6.07, 6.45) is 4.60. The smallest absolute Gasteiger partial charge is 0.272 e. The van der Waals surface area contributed by atoms with E-state index in [0.717, 1.165) is 38.0 Å². The quantitative estimate of drug-likeness (QED) is 0.820. The molecule has 2 amide bonds. The maximum atomic E-state index is 13.2. The first-order valence-electron chi connectivity index (χ1n) is 9.71. The molecule has 2 aliphatic heterocycles. The van der Waals surface area contributed by atoms with Crippen LogP contribution in [0.1, 0.15) is 53.1 Å². The van der Waals surface area contributed by atoms with Crippen molar-refractivity contribution in [3.63, 3.8) is 0 Å². The molecule has 3 heterocycles. The van der Waals surface area contributed by atoms with Crippen LogP contribution in [0.15, 0.2) is 42.6 Å². The summed E-state index contributed by atoms with van der Waals surface area (Å²) in [6, 6.07) is 11.5. The van der Waals surface area contributed by atoms with Crippen molar-refractivity contribution in [2.45, 2.75) is 39.2 Å². The maximum Gasteiger partial charge on any atom is 0.272 e. The number of para-hydroxylation sites is 1. The predicted octanol–water partition coefficient (Wildman–Crippen LogP) is 3.55. The minimum absolute atomic E-state index is 0.0732. The zero-order valence-corrected chi connectivity index (χ0v) is 15.9. The number of rotatable bonds is 2. The molecule has 0 aliphatic carbocycles. The van der Waals surface area contributed by atoms with E-state index in [0.29, 0.717) is 17.2 Å². The van der Waals surface area contributed by atoms with E-state index in [1.165, 1.54) is 5.56 Å². The zero-order valence-electron chi connectivity index (χ0n) is 15.9. The number of benzene rings is 1. The monoisotopic (exact) mass is 363 g/mol. The van der Waals surface area contributed by atoms with Gasteiger partial charge < -0.3 is 9.80 Å². The molecule has 1 fully saturated rings. The minimum atomic E-state index is -0.0777. The van der Waals surface area contributed by atoms with Gasteiger partial charge in [0.05, 0.1) is 0 Å². The van der Waals surface area contributed by atoms with Gasteiger partial charge in [0, 0.05) is 36.6 Å². The van der Waals surface area contributed by atoms with Gasteiger partial charge in [-0.3, -0.25) is 14.6 Å². The van der Waals surface area contributed by atoms with Gasteiger partial charge in [-0.25, -0.2) is 0 Å². The summed E-state index contributed by atoms with van der Waals surface area (Å²) < 4.78 is 0. The zero-order chi connectivity index (χ0) is 19.0. The second kappa shape index (κ2) is 7.14. The van der Waals surface area contributed by atoms with Crippen molar-refractivity contribution in [3.8, 4) is 0 Å². The number of hydrogen-bond donors (Lipinski definition) is 0. The first kappa shape index (κ1) is 17.7. The van der Waals surface area contributed by atoms with E-state index in [2.05, 4.69) is 24.9 Å². The summed E-state index contributed by atoms with van der Waals surface area (Å²) in [4.78, 5) is 34.0. The van der Waals surface area contributed by atoms with Crippen LogP contribution in [-0.4, -0.2) is 40.8 Å². The lowest BCUT2D eigenvalue weighted by molar-refractivity contribution is 0.0677. The molecule has 1 aromatic heterocycles. The van der Waals surface area contributed by atoms with Crippen LogP contribution in [0.2, 0.25) is 0 Å². The summed E-state index contributed by atoms with van der Waals surface area (Å²) in [5, 5.41) is 0. The van der Waals surface area contributed by atoms with Crippen LogP contribution in [0.3, 0.4) is 0 Å². The van der Waals surface area contributed by atoms with E-state index in [1.54, 1.807) is 18.3 Å². The van der Waals surface area contributed by atoms with Gasteiger partial charge in [-0.2, -0.15) is 0 Å². The molecule has 0 N–H and O–H groups in total. The molecule has 0 bridgehead atoms. The predicted molar refractivity (Wildman–Crippen MR) is 105 cm³/mol. The molecule has 2 aliphatic rings. The number of hydrogen-bond acceptors (Lipinski definition) is 3. The Kier molecular flexibility index (Phi) is 4.68. The average Bonchev–Trinajstić information content (AvgIpc) is 3.02. The van der Waals surface area contributed by atoms with Crippen molar-refractivity contribution in [3.05, 3.63) is 59.4 Å². The van der Waals surface area contributed by atoms with E-state index in [9.17, 15) is 9.59 Å². The fraction of sp³-hybridized carbons (Fsp3) is 0.409. The summed E-state index contributed by atoms with van der Waals surface area (Å²) >= 11 is 0. The van der Waals surface area contributed by atoms with Crippen LogP contribution < -0.4 is 4.90 Å². The van der Waals surface area contributed by atoms with Gasteiger partial charge >= 0.3 is 0 Å². The number of anilines is 1. The van der Waals surface area contributed by atoms with Crippen molar-refractivity contribution in [1.29, 1.82) is 0 Å². The second-order valence-corrected chi connectivity index (χ2v) is 7.79. The lowest BCUT2D eigenvalue weighted by atomic mass is 10.00. The van der Waals surface area contributed by atoms with E-state index in [1.807, 2.05) is 28.0 Å². The van der Waals surface area contributed by atoms with Crippen LogP contribution in [0.25, 0.3) is 0 Å². The van der Waals surface area contributed by atoms with E-state index >= 15 is 0 Å². The molecule has 2 atom stereocenters. The highest BCUT2D eigenvalue weighted by Gasteiger charge is 2.32. The molecular formula is C22H25N3O2. The van der Waals surface area contributed by atoms with Crippen LogP contribution in [0, 0.1) is 5.92 Å². The lowest BCUT2D eigenvalue weighted by Crippen LogP contribution is -2.39. The Balaban J connectivity index is 1.59. The number of likely N-dealkylation sites (tertiary alicyclic amines) is 1. The van der Waals surface area contributed by atoms with Crippen molar-refractivity contribution < 1.29 is 9.59 Å². The largest absolute Gasteiger partial charge is 0.337 e. The van der Waals surface area contributed by atoms with Crippen molar-refractivity contribution >= 4 is 17.5 Å². The Hall–Kier alpha value is -2.69. The number of carbonyl (C=O) groups excluding carboxylic acids is 2. The molecule has 1 aromatic carbocycles. The average molecular weight is 363 g/mol. The van der Waals surface area contributed by atoms with Gasteiger partial charge in [0.1, 0.15) is 5.69 Å². The molecule has 5 nitrogen and oxygen atoms in total. The van der Waals surface area contributed by atoms with Gasteiger partial charge in [0.25, 0.3) is 11.8 Å². The highest BCUT2D eigenvalue weighted by Crippen LogP contribution is 2.33. The Labute approximate surface area is 160 Å². The molecule has 4 rings (SSSR count). The van der Waals surface area contributed by atoms with Gasteiger partial charge in [-0.1, -0.05) is 25.1 Å². The van der Waals surface area contributed by atoms with Crippen LogP contribution in [0.4, 0.5) is 5.69 Å². The fourth-order valence-corrected chi connectivity index (χ4v) is 4.23. The third kappa shape index (κ3) is 3.34. The van der Waals surface area contributed by atoms with Crippen LogP contribution >= 0.6 is 0 Å². The first-order chi connectivity index (χ1) is 13.0. The summed E-state index contributed by atoms with van der Waals surface area (Å²) in [5.74, 6) is 0.358. The first-order valence-corrected chi connectivity index (χ1v) is 9.71. The highest BCUT2D eigenvalue weighted by atomic mass is 16.2. The molecule has 1 saturated heterocycles. The standard InChI is InChI=1S/C22H25N3O2/c1-15-6-5-11-24(14-15)22(27)19-13-18(9-10-23-19)21(26)25-16(2)12-17-7-3-4-8-20(17)25/h3-4,7-10,13,15-16H,5-6,11-12,14H2,1-2H3. The number of carbonyl (C=O) groups is 2. The lowest BCUT2D eigenvalue weighted by Gasteiger charge is -2.30. The highest BCUT2D eigenvalue weighted by molar-refractivity contribution is 6.08. The Morgan fingerprint density at radius 3 is 2.74 bits per heavy atom. The number of aromatic nitrogens is 1. The number of fused-ring (bicyclic) bond motifs is 1. The Bertz CT molecular complexity index is 879. The van der Waals surface area contributed by atoms with E-state index in [-0.39, 0.29) is 17.9 Å². The van der Waals surface area contributed by atoms with E-state index in [4.69, 9.17) is 0 Å². The number of amides is 2. The molecule has 0 radical (unpaired) electrons. The Morgan fingerprint density at radius 1 is 1.11 bits per heavy atom. The number of pyridine rings is 1. The molecule has 0 saturated carbocycles. The van der Waals surface area contributed by atoms with Gasteiger partial charge in [0.2, 0.25) is 0 Å². The molecule has 5 heteroatoms. The number of piperidine rings is 1. The molecule has 27 heavy (non-hydrogen) atoms. The molecule has 2 aromatic rings. The minimum Gasteiger partial charge on any atom is -0.337 e. The van der Waals surface area contributed by atoms with Crippen LogP contribution in [0.5, 0.6) is 0 Å². The topological polar surface area (TPSA) is 53.5 Å². The molecule has 0 spiro atoms. The fourth-order valence-electron chi connectivity index (χ4n) is 4.23. The third-order valence-corrected chi connectivity index (χ3v) is 5.60. The molecule has 140 valence electrons. The van der Waals surface area contributed by atoms with Crippen molar-refractivity contribution in [2.24, 2.45) is 5.92 Å². The summed E-state index contributed by atoms with van der Waals surface area (Å²) in [5.41, 5.74) is 3.02. The van der Waals surface area contributed by atoms with Gasteiger partial charge in [-0.05, 0) is 55.9 Å². The Morgan fingerprint density at radius 2 is 1.93 bits per heavy atom. The van der Waals surface area contributed by atoms with Crippen molar-refractivity contribution in [2.75, 3.05) is 18.0 Å². The summed E-state index contributed by atoms with van der Waals surface area (Å²) in [7, 11) is 0. The third-order valence-electron chi connectivity index (χ3n) is 5.60. The molecule has 2 unspecified atom stereocenters. The van der Waals surface area contributed by atoms with Gasteiger partial charge in [0.15, 0.2) is 0 Å². The van der Waals surface area contributed by atoms with Gasteiger partial charge in [-0.15, -0.1) is 0 Å². The number of nitrogens with zero attached hydrogens (tertiary/aromatic N) is 3. The summed E-state index contributed by atoms with van der Waals surface area (Å²) in [6.45, 7) is 5.74. The second-order valence-electron chi connectivity index (χ2n) is 7.79. The van der Waals surface area contributed by atoms with Crippen molar-refractivity contribution in [1.82, 2.24) is 9.88 Å². The van der Waals surface area contributed by atoms with E-state index < -0.39 is 0 Å². The maximum absolute atomic E-state index is 13.2. The SMILES string of the molecule is CC1CCCN(C(=O)c2cc(C(=O)N3c4ccccc4CC3C)ccn2)C1. The van der Waals surface area contributed by atoms with Crippen LogP contribution in [-0.2, 0) is 6.42 Å².